The van der Waals surface area contributed by atoms with E-state index in [0.717, 1.165) is 61.5 Å². The molecule has 1 aromatic carbocycles. The number of carbonyl (C=O) groups excluding carboxylic acids is 2. The molecule has 5 rings (SSSR count). The highest BCUT2D eigenvalue weighted by Gasteiger charge is 2.27. The van der Waals surface area contributed by atoms with Crippen molar-refractivity contribution in [3.8, 4) is 0 Å². The summed E-state index contributed by atoms with van der Waals surface area (Å²) in [7, 11) is 0. The van der Waals surface area contributed by atoms with Gasteiger partial charge in [-0.1, -0.05) is 37.5 Å². The SMILES string of the molecule is O=C(CC1CCC(Cn2cc(C(=O)N3CCOCC3)c3ccccc32)CC1)NC1CCCCC1. The van der Waals surface area contributed by atoms with Crippen molar-refractivity contribution in [2.75, 3.05) is 26.3 Å². The Hall–Kier alpha value is -2.34. The maximum absolute atomic E-state index is 13.2. The number of benzene rings is 1. The summed E-state index contributed by atoms with van der Waals surface area (Å²) in [6.07, 6.45) is 13.5. The summed E-state index contributed by atoms with van der Waals surface area (Å²) in [6, 6.07) is 8.69. The van der Waals surface area contributed by atoms with Gasteiger partial charge in [0.15, 0.2) is 0 Å². The number of ether oxygens (including phenoxy) is 1. The lowest BCUT2D eigenvalue weighted by atomic mass is 9.80. The fourth-order valence-corrected chi connectivity index (χ4v) is 6.20. The van der Waals surface area contributed by atoms with Crippen molar-refractivity contribution in [3.05, 3.63) is 36.0 Å². The number of hydrogen-bond acceptors (Lipinski definition) is 3. The quantitative estimate of drug-likeness (QED) is 0.669. The van der Waals surface area contributed by atoms with Gasteiger partial charge >= 0.3 is 0 Å². The number of amides is 2. The second kappa shape index (κ2) is 10.9. The van der Waals surface area contributed by atoms with Crippen molar-refractivity contribution in [1.29, 1.82) is 0 Å². The number of fused-ring (bicyclic) bond motifs is 1. The molecule has 0 radical (unpaired) electrons. The summed E-state index contributed by atoms with van der Waals surface area (Å²) in [4.78, 5) is 27.7. The molecule has 0 spiro atoms. The van der Waals surface area contributed by atoms with Crippen molar-refractivity contribution in [3.63, 3.8) is 0 Å². The molecule has 0 bridgehead atoms. The Morgan fingerprint density at radius 2 is 1.62 bits per heavy atom. The van der Waals surface area contributed by atoms with Gasteiger partial charge in [0.25, 0.3) is 5.91 Å². The normalized spacial score (nSPS) is 24.3. The molecule has 184 valence electrons. The van der Waals surface area contributed by atoms with Crippen LogP contribution in [0.1, 0.15) is 74.6 Å². The standard InChI is InChI=1S/C28H39N3O3/c32-27(29-23-6-2-1-3-7-23)18-21-10-12-22(13-11-21)19-31-20-25(24-8-4-5-9-26(24)31)28(33)30-14-16-34-17-15-30/h4-5,8-9,20-23H,1-3,6-7,10-19H2,(H,29,32). The number of carbonyl (C=O) groups is 2. The van der Waals surface area contributed by atoms with Crippen LogP contribution in [0.4, 0.5) is 0 Å². The van der Waals surface area contributed by atoms with Crippen molar-refractivity contribution < 1.29 is 14.3 Å². The highest BCUT2D eigenvalue weighted by molar-refractivity contribution is 6.07. The molecule has 2 aliphatic carbocycles. The zero-order chi connectivity index (χ0) is 23.3. The van der Waals surface area contributed by atoms with E-state index in [2.05, 4.69) is 34.3 Å². The summed E-state index contributed by atoms with van der Waals surface area (Å²) in [5, 5.41) is 4.34. The van der Waals surface area contributed by atoms with Crippen LogP contribution in [0.15, 0.2) is 30.5 Å². The minimum absolute atomic E-state index is 0.117. The first-order valence-electron chi connectivity index (χ1n) is 13.4. The molecule has 2 amide bonds. The van der Waals surface area contributed by atoms with Crippen molar-refractivity contribution in [2.24, 2.45) is 11.8 Å². The molecular weight excluding hydrogens is 426 g/mol. The molecule has 1 N–H and O–H groups in total. The third kappa shape index (κ3) is 5.48. The summed E-state index contributed by atoms with van der Waals surface area (Å²) in [6.45, 7) is 3.50. The molecule has 3 fully saturated rings. The fraction of sp³-hybridized carbons (Fsp3) is 0.643. The zero-order valence-corrected chi connectivity index (χ0v) is 20.3. The van der Waals surface area contributed by atoms with Crippen LogP contribution < -0.4 is 5.32 Å². The van der Waals surface area contributed by atoms with Crippen LogP contribution in [0.3, 0.4) is 0 Å². The lowest BCUT2D eigenvalue weighted by molar-refractivity contribution is -0.123. The smallest absolute Gasteiger partial charge is 0.256 e. The number of hydrogen-bond donors (Lipinski definition) is 1. The summed E-state index contributed by atoms with van der Waals surface area (Å²) in [5.41, 5.74) is 1.96. The third-order valence-electron chi connectivity index (χ3n) is 8.18. The van der Waals surface area contributed by atoms with E-state index in [4.69, 9.17) is 4.74 Å². The van der Waals surface area contributed by atoms with Crippen molar-refractivity contribution in [1.82, 2.24) is 14.8 Å². The molecule has 1 aromatic heterocycles. The number of para-hydroxylation sites is 1. The molecule has 2 heterocycles. The molecule has 2 saturated carbocycles. The summed E-state index contributed by atoms with van der Waals surface area (Å²) < 4.78 is 7.72. The number of nitrogens with zero attached hydrogens (tertiary/aromatic N) is 2. The van der Waals surface area contributed by atoms with Crippen molar-refractivity contribution >= 4 is 22.7 Å². The molecule has 3 aliphatic rings. The van der Waals surface area contributed by atoms with E-state index < -0.39 is 0 Å². The van der Waals surface area contributed by atoms with Gasteiger partial charge in [-0.15, -0.1) is 0 Å². The second-order valence-corrected chi connectivity index (χ2v) is 10.6. The highest BCUT2D eigenvalue weighted by atomic mass is 16.5. The van der Waals surface area contributed by atoms with E-state index in [-0.39, 0.29) is 11.8 Å². The third-order valence-corrected chi connectivity index (χ3v) is 8.18. The largest absolute Gasteiger partial charge is 0.378 e. The van der Waals surface area contributed by atoms with E-state index in [9.17, 15) is 9.59 Å². The average Bonchev–Trinajstić information content (AvgIpc) is 3.24. The second-order valence-electron chi connectivity index (χ2n) is 10.6. The van der Waals surface area contributed by atoms with E-state index in [0.29, 0.717) is 50.6 Å². The molecule has 6 heteroatoms. The fourth-order valence-electron chi connectivity index (χ4n) is 6.20. The Balaban J connectivity index is 1.17. The monoisotopic (exact) mass is 465 g/mol. The molecular formula is C28H39N3O3. The molecule has 6 nitrogen and oxygen atoms in total. The van der Waals surface area contributed by atoms with E-state index in [1.807, 2.05) is 11.0 Å². The van der Waals surface area contributed by atoms with E-state index in [1.165, 1.54) is 19.3 Å². The van der Waals surface area contributed by atoms with Crippen LogP contribution in [0.5, 0.6) is 0 Å². The number of rotatable bonds is 6. The zero-order valence-electron chi connectivity index (χ0n) is 20.3. The Kier molecular flexibility index (Phi) is 7.53. The van der Waals surface area contributed by atoms with Crippen LogP contribution in [0.25, 0.3) is 10.9 Å². The van der Waals surface area contributed by atoms with Crippen LogP contribution in [-0.2, 0) is 16.1 Å². The van der Waals surface area contributed by atoms with Gasteiger partial charge in [-0.25, -0.2) is 0 Å². The average molecular weight is 466 g/mol. The highest BCUT2D eigenvalue weighted by Crippen LogP contribution is 2.33. The Morgan fingerprint density at radius 1 is 0.912 bits per heavy atom. The molecule has 2 aromatic rings. The van der Waals surface area contributed by atoms with Gasteiger partial charge in [-0.2, -0.15) is 0 Å². The number of morpholine rings is 1. The summed E-state index contributed by atoms with van der Waals surface area (Å²) >= 11 is 0. The van der Waals surface area contributed by atoms with Crippen molar-refractivity contribution in [2.45, 2.75) is 76.8 Å². The maximum atomic E-state index is 13.2. The summed E-state index contributed by atoms with van der Waals surface area (Å²) in [5.74, 6) is 1.49. The van der Waals surface area contributed by atoms with Gasteiger partial charge in [0.2, 0.25) is 5.91 Å². The number of aromatic nitrogens is 1. The van der Waals surface area contributed by atoms with Crippen LogP contribution in [0, 0.1) is 11.8 Å². The minimum Gasteiger partial charge on any atom is -0.378 e. The van der Waals surface area contributed by atoms with Gasteiger partial charge in [0.1, 0.15) is 0 Å². The predicted octanol–water partition coefficient (Wildman–Crippen LogP) is 4.76. The lowest BCUT2D eigenvalue weighted by Gasteiger charge is -2.29. The topological polar surface area (TPSA) is 63.6 Å². The van der Waals surface area contributed by atoms with Gasteiger partial charge in [0.05, 0.1) is 18.8 Å². The van der Waals surface area contributed by atoms with Crippen LogP contribution >= 0.6 is 0 Å². The molecule has 0 unspecified atom stereocenters. The Labute approximate surface area is 203 Å². The van der Waals surface area contributed by atoms with Gasteiger partial charge < -0.3 is 19.5 Å². The maximum Gasteiger partial charge on any atom is 0.256 e. The van der Waals surface area contributed by atoms with Gasteiger partial charge in [0, 0.05) is 49.2 Å². The van der Waals surface area contributed by atoms with E-state index >= 15 is 0 Å². The Morgan fingerprint density at radius 3 is 2.38 bits per heavy atom. The first-order chi connectivity index (χ1) is 16.7. The molecule has 1 aliphatic heterocycles. The molecule has 0 atom stereocenters. The van der Waals surface area contributed by atoms with Gasteiger partial charge in [-0.05, 0) is 56.4 Å². The van der Waals surface area contributed by atoms with Crippen LogP contribution in [0.2, 0.25) is 0 Å². The van der Waals surface area contributed by atoms with Gasteiger partial charge in [-0.3, -0.25) is 9.59 Å². The minimum atomic E-state index is 0.117. The Bertz CT molecular complexity index is 980. The van der Waals surface area contributed by atoms with Crippen LogP contribution in [-0.4, -0.2) is 53.6 Å². The first-order valence-corrected chi connectivity index (χ1v) is 13.4. The predicted molar refractivity (Wildman–Crippen MR) is 134 cm³/mol. The van der Waals surface area contributed by atoms with E-state index in [1.54, 1.807) is 0 Å². The molecule has 34 heavy (non-hydrogen) atoms. The molecule has 1 saturated heterocycles. The first kappa shape index (κ1) is 23.4. The number of nitrogens with one attached hydrogen (secondary N) is 1. The lowest BCUT2D eigenvalue weighted by Crippen LogP contribution is -2.40.